The second-order valence-electron chi connectivity index (χ2n) is 6.91. The van der Waals surface area contributed by atoms with Gasteiger partial charge in [0.05, 0.1) is 6.61 Å². The van der Waals surface area contributed by atoms with E-state index in [1.165, 1.54) is 24.3 Å². The Morgan fingerprint density at radius 3 is 2.21 bits per heavy atom. The van der Waals surface area contributed by atoms with Gasteiger partial charge in [0.15, 0.2) is 11.9 Å². The molecule has 0 aliphatic heterocycles. The largest absolute Gasteiger partial charge is 0.508 e. The smallest absolute Gasteiger partial charge is 0.383 e. The number of rotatable bonds is 7. The molecule has 1 heterocycles. The SMILES string of the molecule is O=C(Oc1c(-c2ccc(O)cc2)oc2cc(O)cc(O)c2c1=O)C(=O)[C@@H](O)[C@H](O)[C@@H](O)CO. The molecule has 0 radical (unpaired) electrons. The Bertz CT molecular complexity index is 1260. The third-order valence-corrected chi connectivity index (χ3v) is 4.62. The van der Waals surface area contributed by atoms with E-state index in [2.05, 4.69) is 0 Å². The summed E-state index contributed by atoms with van der Waals surface area (Å²) in [6.07, 6.45) is -6.67. The zero-order chi connectivity index (χ0) is 24.4. The van der Waals surface area contributed by atoms with E-state index in [1.807, 2.05) is 0 Å². The number of ketones is 1. The number of esters is 1. The molecule has 0 fully saturated rings. The van der Waals surface area contributed by atoms with E-state index < -0.39 is 70.5 Å². The highest BCUT2D eigenvalue weighted by atomic mass is 16.6. The molecule has 33 heavy (non-hydrogen) atoms. The first-order valence-corrected chi connectivity index (χ1v) is 9.28. The molecular formula is C21H18O12. The number of phenolic OH excluding ortho intramolecular Hbond substituents is 3. The molecule has 0 unspecified atom stereocenters. The van der Waals surface area contributed by atoms with Crippen molar-refractivity contribution in [2.24, 2.45) is 0 Å². The van der Waals surface area contributed by atoms with Gasteiger partial charge in [-0.25, -0.2) is 4.79 Å². The van der Waals surface area contributed by atoms with E-state index >= 15 is 0 Å². The minimum absolute atomic E-state index is 0.0844. The predicted molar refractivity (Wildman–Crippen MR) is 109 cm³/mol. The fraction of sp³-hybridized carbons (Fsp3) is 0.190. The molecule has 0 aliphatic carbocycles. The molecule has 1 aromatic heterocycles. The molecule has 7 N–H and O–H groups in total. The summed E-state index contributed by atoms with van der Waals surface area (Å²) in [5, 5.41) is 66.3. The average molecular weight is 462 g/mol. The zero-order valence-corrected chi connectivity index (χ0v) is 16.6. The minimum Gasteiger partial charge on any atom is -0.508 e. The van der Waals surface area contributed by atoms with Crippen LogP contribution < -0.4 is 10.2 Å². The molecule has 0 aliphatic rings. The van der Waals surface area contributed by atoms with Crippen molar-refractivity contribution < 1.29 is 54.5 Å². The molecular weight excluding hydrogens is 444 g/mol. The van der Waals surface area contributed by atoms with Gasteiger partial charge in [0, 0.05) is 17.7 Å². The number of hydrogen-bond donors (Lipinski definition) is 7. The fourth-order valence-electron chi connectivity index (χ4n) is 2.90. The number of aliphatic hydroxyl groups is 4. The molecule has 0 saturated carbocycles. The summed E-state index contributed by atoms with van der Waals surface area (Å²) in [5.74, 6) is -6.19. The van der Waals surface area contributed by atoms with Crippen LogP contribution in [0, 0.1) is 0 Å². The number of carbonyl (C=O) groups is 2. The highest BCUT2D eigenvalue weighted by Crippen LogP contribution is 2.36. The van der Waals surface area contributed by atoms with Gasteiger partial charge in [0.25, 0.3) is 5.78 Å². The van der Waals surface area contributed by atoms with Crippen LogP contribution in [-0.2, 0) is 9.59 Å². The number of ether oxygens (including phenoxy) is 1. The van der Waals surface area contributed by atoms with Crippen molar-refractivity contribution in [2.75, 3.05) is 6.61 Å². The van der Waals surface area contributed by atoms with E-state index in [4.69, 9.17) is 14.3 Å². The lowest BCUT2D eigenvalue weighted by Gasteiger charge is -2.19. The number of phenols is 3. The molecule has 3 atom stereocenters. The minimum atomic E-state index is -2.49. The number of fused-ring (bicyclic) bond motifs is 1. The van der Waals surface area contributed by atoms with Gasteiger partial charge in [-0.15, -0.1) is 0 Å². The van der Waals surface area contributed by atoms with E-state index in [1.54, 1.807) is 0 Å². The summed E-state index contributed by atoms with van der Waals surface area (Å²) in [6, 6.07) is 6.81. The number of hydrogen-bond acceptors (Lipinski definition) is 12. The second-order valence-corrected chi connectivity index (χ2v) is 6.91. The van der Waals surface area contributed by atoms with Crippen LogP contribution in [-0.4, -0.2) is 72.4 Å². The van der Waals surface area contributed by atoms with E-state index in [0.29, 0.717) is 0 Å². The second kappa shape index (κ2) is 9.26. The molecule has 0 bridgehead atoms. The van der Waals surface area contributed by atoms with Crippen LogP contribution in [0.15, 0.2) is 45.6 Å². The molecule has 3 aromatic rings. The summed E-state index contributed by atoms with van der Waals surface area (Å²) in [4.78, 5) is 37.5. The molecule has 3 rings (SSSR count). The fourth-order valence-corrected chi connectivity index (χ4v) is 2.90. The van der Waals surface area contributed by atoms with Gasteiger partial charge in [0.1, 0.15) is 40.4 Å². The number of aromatic hydroxyl groups is 3. The van der Waals surface area contributed by atoms with Crippen LogP contribution in [0.25, 0.3) is 22.3 Å². The van der Waals surface area contributed by atoms with E-state index in [0.717, 1.165) is 12.1 Å². The van der Waals surface area contributed by atoms with Gasteiger partial charge in [-0.1, -0.05) is 0 Å². The Morgan fingerprint density at radius 1 is 0.970 bits per heavy atom. The third-order valence-electron chi connectivity index (χ3n) is 4.62. The lowest BCUT2D eigenvalue weighted by Crippen LogP contribution is -2.47. The molecule has 0 saturated heterocycles. The Kier molecular flexibility index (Phi) is 6.65. The van der Waals surface area contributed by atoms with Gasteiger partial charge in [-0.3, -0.25) is 9.59 Å². The molecule has 12 nitrogen and oxygen atoms in total. The van der Waals surface area contributed by atoms with Crippen molar-refractivity contribution in [3.05, 3.63) is 46.6 Å². The monoisotopic (exact) mass is 462 g/mol. The van der Waals surface area contributed by atoms with E-state index in [9.17, 15) is 45.0 Å². The van der Waals surface area contributed by atoms with Crippen LogP contribution >= 0.6 is 0 Å². The van der Waals surface area contributed by atoms with Crippen molar-refractivity contribution in [1.82, 2.24) is 0 Å². The maximum Gasteiger partial charge on any atom is 0.383 e. The first-order chi connectivity index (χ1) is 15.5. The van der Waals surface area contributed by atoms with Gasteiger partial charge in [-0.05, 0) is 24.3 Å². The predicted octanol–water partition coefficient (Wildman–Crippen LogP) is -0.874. The third kappa shape index (κ3) is 4.63. The quantitative estimate of drug-likeness (QED) is 0.168. The van der Waals surface area contributed by atoms with Crippen molar-refractivity contribution in [2.45, 2.75) is 18.3 Å². The van der Waals surface area contributed by atoms with Crippen LogP contribution in [0.5, 0.6) is 23.0 Å². The topological polar surface area (TPSA) is 215 Å². The molecule has 0 spiro atoms. The van der Waals surface area contributed by atoms with Gasteiger partial charge < -0.3 is 44.9 Å². The molecule has 12 heteroatoms. The maximum absolute atomic E-state index is 13.0. The molecule has 2 aromatic carbocycles. The zero-order valence-electron chi connectivity index (χ0n) is 16.6. The molecule has 0 amide bonds. The first-order valence-electron chi connectivity index (χ1n) is 9.28. The Hall–Kier alpha value is -3.97. The number of benzene rings is 2. The Balaban J connectivity index is 2.12. The lowest BCUT2D eigenvalue weighted by atomic mass is 10.0. The van der Waals surface area contributed by atoms with Gasteiger partial charge >= 0.3 is 5.97 Å². The first kappa shape index (κ1) is 23.7. The number of Topliss-reactive ketones (excluding diaryl/α,β-unsaturated/α-hetero) is 1. The Morgan fingerprint density at radius 2 is 1.61 bits per heavy atom. The average Bonchev–Trinajstić information content (AvgIpc) is 2.78. The van der Waals surface area contributed by atoms with Crippen LogP contribution in [0.2, 0.25) is 0 Å². The molecule has 174 valence electrons. The summed E-state index contributed by atoms with van der Waals surface area (Å²) in [5.41, 5.74) is -1.34. The summed E-state index contributed by atoms with van der Waals surface area (Å²) < 4.78 is 10.4. The highest BCUT2D eigenvalue weighted by Gasteiger charge is 2.36. The van der Waals surface area contributed by atoms with Gasteiger partial charge in [-0.2, -0.15) is 0 Å². The van der Waals surface area contributed by atoms with Crippen molar-refractivity contribution >= 4 is 22.7 Å². The van der Waals surface area contributed by atoms with Crippen molar-refractivity contribution in [3.63, 3.8) is 0 Å². The van der Waals surface area contributed by atoms with Crippen LogP contribution in [0.1, 0.15) is 0 Å². The van der Waals surface area contributed by atoms with E-state index in [-0.39, 0.29) is 16.9 Å². The highest BCUT2D eigenvalue weighted by molar-refractivity contribution is 6.36. The van der Waals surface area contributed by atoms with Crippen molar-refractivity contribution in [3.8, 4) is 34.3 Å². The summed E-state index contributed by atoms with van der Waals surface area (Å²) in [7, 11) is 0. The van der Waals surface area contributed by atoms with Gasteiger partial charge in [0.2, 0.25) is 11.2 Å². The standard InChI is InChI=1S/C21H18O12/c22-7-12(26)15(27)17(29)18(30)21(31)33-20-16(28)14-11(25)5-10(24)6-13(14)32-19(20)8-1-3-9(23)4-2-8/h1-6,12,15,17,22-27,29H,7H2/t12-,15+,17-/m0/s1. The maximum atomic E-state index is 13.0. The Labute approximate surface area is 183 Å². The van der Waals surface area contributed by atoms with Crippen molar-refractivity contribution in [1.29, 1.82) is 0 Å². The number of carbonyl (C=O) groups excluding carboxylic acids is 2. The van der Waals surface area contributed by atoms with Crippen LogP contribution in [0.4, 0.5) is 0 Å². The number of aliphatic hydroxyl groups excluding tert-OH is 4. The summed E-state index contributed by atoms with van der Waals surface area (Å²) >= 11 is 0. The summed E-state index contributed by atoms with van der Waals surface area (Å²) in [6.45, 7) is -1.02. The van der Waals surface area contributed by atoms with Crippen LogP contribution in [0.3, 0.4) is 0 Å². The normalized spacial score (nSPS) is 13.9. The lowest BCUT2D eigenvalue weighted by molar-refractivity contribution is -0.158.